The molecule has 0 aromatic heterocycles. The van der Waals surface area contributed by atoms with Crippen LogP contribution in [0.2, 0.25) is 0 Å². The molecule has 1 aliphatic heterocycles. The second-order valence-corrected chi connectivity index (χ2v) is 4.64. The van der Waals surface area contributed by atoms with E-state index in [9.17, 15) is 4.79 Å². The summed E-state index contributed by atoms with van der Waals surface area (Å²) in [5, 5.41) is 3.19. The van der Waals surface area contributed by atoms with Crippen molar-refractivity contribution in [2.75, 3.05) is 21.0 Å². The molecule has 1 heterocycles. The van der Waals surface area contributed by atoms with Crippen LogP contribution in [0, 0.1) is 0 Å². The second kappa shape index (κ2) is 5.93. The quantitative estimate of drug-likeness (QED) is 0.813. The molecule has 19 heavy (non-hydrogen) atoms. The third-order valence-electron chi connectivity index (χ3n) is 3.21. The number of hydrogen-bond donors (Lipinski definition) is 1. The lowest BCUT2D eigenvalue weighted by Gasteiger charge is -2.12. The average Bonchev–Trinajstić information content (AvgIpc) is 2.86. The van der Waals surface area contributed by atoms with Crippen molar-refractivity contribution in [1.82, 2.24) is 5.32 Å². The molecule has 2 rings (SSSR count). The molecule has 0 amide bonds. The minimum absolute atomic E-state index is 0.198. The number of esters is 1. The molecule has 1 aromatic carbocycles. The summed E-state index contributed by atoms with van der Waals surface area (Å²) in [4.78, 5) is 11.4. The van der Waals surface area contributed by atoms with E-state index in [0.29, 0.717) is 17.5 Å². The van der Waals surface area contributed by atoms with Crippen molar-refractivity contribution in [2.45, 2.75) is 25.8 Å². The first-order chi connectivity index (χ1) is 9.13. The average molecular weight is 265 g/mol. The van der Waals surface area contributed by atoms with Crippen molar-refractivity contribution in [2.24, 2.45) is 0 Å². The van der Waals surface area contributed by atoms with Gasteiger partial charge in [-0.25, -0.2) is 0 Å². The molecule has 0 aliphatic carbocycles. The Labute approximate surface area is 112 Å². The molecule has 1 N–H and O–H groups in total. The molecule has 1 unspecified atom stereocenters. The zero-order valence-electron chi connectivity index (χ0n) is 11.5. The Morgan fingerprint density at radius 1 is 1.47 bits per heavy atom. The maximum atomic E-state index is 11.4. The summed E-state index contributed by atoms with van der Waals surface area (Å²) in [5.74, 6) is 1.09. The number of fused-ring (bicyclic) bond motifs is 1. The van der Waals surface area contributed by atoms with Crippen LogP contribution >= 0.6 is 0 Å². The first-order valence-electron chi connectivity index (χ1n) is 6.29. The Bertz CT molecular complexity index is 473. The van der Waals surface area contributed by atoms with Gasteiger partial charge in [-0.3, -0.25) is 4.79 Å². The van der Waals surface area contributed by atoms with Gasteiger partial charge in [0.1, 0.15) is 0 Å². The molecule has 5 nitrogen and oxygen atoms in total. The molecule has 0 saturated heterocycles. The summed E-state index contributed by atoms with van der Waals surface area (Å²) < 4.78 is 15.5. The van der Waals surface area contributed by atoms with Crippen LogP contribution < -0.4 is 14.8 Å². The zero-order valence-corrected chi connectivity index (χ0v) is 11.5. The lowest BCUT2D eigenvalue weighted by atomic mass is 10.0. The number of hydrogen-bond acceptors (Lipinski definition) is 5. The molecule has 1 aromatic rings. The van der Waals surface area contributed by atoms with Gasteiger partial charge in [-0.2, -0.15) is 0 Å². The first kappa shape index (κ1) is 13.7. The van der Waals surface area contributed by atoms with Crippen LogP contribution in [0.15, 0.2) is 12.1 Å². The van der Waals surface area contributed by atoms with Crippen molar-refractivity contribution in [3.05, 3.63) is 23.3 Å². The number of likely N-dealkylation sites (N-methyl/N-ethyl adjacent to an activating group) is 1. The molecule has 1 atom stereocenters. The number of ether oxygens (including phenoxy) is 3. The van der Waals surface area contributed by atoms with Crippen LogP contribution in [0.25, 0.3) is 0 Å². The third kappa shape index (κ3) is 3.17. The zero-order chi connectivity index (χ0) is 13.8. The maximum absolute atomic E-state index is 11.4. The summed E-state index contributed by atoms with van der Waals surface area (Å²) in [7, 11) is 3.31. The van der Waals surface area contributed by atoms with Crippen LogP contribution in [0.1, 0.15) is 18.1 Å². The third-order valence-corrected chi connectivity index (χ3v) is 3.21. The number of carbonyl (C=O) groups excluding carboxylic acids is 1. The minimum atomic E-state index is -0.281. The fourth-order valence-electron chi connectivity index (χ4n) is 2.08. The van der Waals surface area contributed by atoms with Gasteiger partial charge in [0, 0.05) is 11.6 Å². The van der Waals surface area contributed by atoms with Gasteiger partial charge in [0.15, 0.2) is 11.5 Å². The van der Waals surface area contributed by atoms with Gasteiger partial charge in [0.25, 0.3) is 0 Å². The molecule has 1 aliphatic rings. The van der Waals surface area contributed by atoms with Gasteiger partial charge >= 0.3 is 5.97 Å². The van der Waals surface area contributed by atoms with E-state index in [2.05, 4.69) is 12.2 Å². The van der Waals surface area contributed by atoms with E-state index in [1.807, 2.05) is 19.2 Å². The predicted molar refractivity (Wildman–Crippen MR) is 70.5 cm³/mol. The first-order valence-corrected chi connectivity index (χ1v) is 6.29. The molecule has 0 saturated carbocycles. The highest BCUT2D eigenvalue weighted by Crippen LogP contribution is 2.37. The lowest BCUT2D eigenvalue weighted by Crippen LogP contribution is -2.23. The van der Waals surface area contributed by atoms with E-state index < -0.39 is 0 Å². The molecule has 0 fully saturated rings. The van der Waals surface area contributed by atoms with Gasteiger partial charge in [-0.1, -0.05) is 6.07 Å². The van der Waals surface area contributed by atoms with Gasteiger partial charge < -0.3 is 19.5 Å². The Morgan fingerprint density at radius 3 is 2.95 bits per heavy atom. The SMILES string of the molecule is CNC(C)Cc1cc(CC(=O)OC)c2c(c1)OCO2. The predicted octanol–water partition coefficient (Wildman–Crippen LogP) is 1.28. The molecule has 0 bridgehead atoms. The Balaban J connectivity index is 2.27. The van der Waals surface area contributed by atoms with Crippen LogP contribution in [0.4, 0.5) is 0 Å². The van der Waals surface area contributed by atoms with Crippen molar-refractivity contribution >= 4 is 5.97 Å². The van der Waals surface area contributed by atoms with Crippen molar-refractivity contribution in [3.8, 4) is 11.5 Å². The number of nitrogens with one attached hydrogen (secondary N) is 1. The largest absolute Gasteiger partial charge is 0.469 e. The number of benzene rings is 1. The van der Waals surface area contributed by atoms with Gasteiger partial charge in [-0.05, 0) is 32.0 Å². The Kier molecular flexibility index (Phi) is 4.27. The van der Waals surface area contributed by atoms with E-state index in [1.54, 1.807) is 0 Å². The highest BCUT2D eigenvalue weighted by Gasteiger charge is 2.21. The van der Waals surface area contributed by atoms with Crippen LogP contribution in [0.3, 0.4) is 0 Å². The van der Waals surface area contributed by atoms with Gasteiger partial charge in [0.05, 0.1) is 13.5 Å². The van der Waals surface area contributed by atoms with Crippen molar-refractivity contribution < 1.29 is 19.0 Å². The second-order valence-electron chi connectivity index (χ2n) is 4.64. The van der Waals surface area contributed by atoms with Crippen LogP contribution in [-0.2, 0) is 22.4 Å². The Morgan fingerprint density at radius 2 is 2.26 bits per heavy atom. The molecular weight excluding hydrogens is 246 g/mol. The smallest absolute Gasteiger partial charge is 0.310 e. The molecule has 0 radical (unpaired) electrons. The molecule has 104 valence electrons. The van der Waals surface area contributed by atoms with E-state index in [1.165, 1.54) is 7.11 Å². The summed E-state index contributed by atoms with van der Waals surface area (Å²) in [5.41, 5.74) is 1.94. The fourth-order valence-corrected chi connectivity index (χ4v) is 2.08. The topological polar surface area (TPSA) is 56.8 Å². The highest BCUT2D eigenvalue weighted by atomic mass is 16.7. The van der Waals surface area contributed by atoms with E-state index in [0.717, 1.165) is 17.5 Å². The molecular formula is C14H19NO4. The van der Waals surface area contributed by atoms with Crippen LogP contribution in [-0.4, -0.2) is 33.0 Å². The molecule has 0 spiro atoms. The summed E-state index contributed by atoms with van der Waals surface area (Å²) in [6.45, 7) is 2.30. The van der Waals surface area contributed by atoms with E-state index in [-0.39, 0.29) is 19.2 Å². The minimum Gasteiger partial charge on any atom is -0.469 e. The normalized spacial score (nSPS) is 14.3. The highest BCUT2D eigenvalue weighted by molar-refractivity contribution is 5.74. The Hall–Kier alpha value is -1.75. The monoisotopic (exact) mass is 265 g/mol. The summed E-state index contributed by atoms with van der Waals surface area (Å²) >= 11 is 0. The number of rotatable bonds is 5. The van der Waals surface area contributed by atoms with Gasteiger partial charge in [-0.15, -0.1) is 0 Å². The summed E-state index contributed by atoms with van der Waals surface area (Å²) in [6.07, 6.45) is 1.06. The van der Waals surface area contributed by atoms with Crippen molar-refractivity contribution in [1.29, 1.82) is 0 Å². The van der Waals surface area contributed by atoms with Crippen molar-refractivity contribution in [3.63, 3.8) is 0 Å². The number of carbonyl (C=O) groups is 1. The summed E-state index contributed by atoms with van der Waals surface area (Å²) in [6, 6.07) is 4.31. The van der Waals surface area contributed by atoms with Crippen LogP contribution in [0.5, 0.6) is 11.5 Å². The molecule has 5 heteroatoms. The standard InChI is InChI=1S/C14H19NO4/c1-9(15-2)4-10-5-11(7-13(16)17-3)14-12(6-10)18-8-19-14/h5-6,9,15H,4,7-8H2,1-3H3. The lowest BCUT2D eigenvalue weighted by molar-refractivity contribution is -0.139. The van der Waals surface area contributed by atoms with Gasteiger partial charge in [0.2, 0.25) is 6.79 Å². The maximum Gasteiger partial charge on any atom is 0.310 e. The fraction of sp³-hybridized carbons (Fsp3) is 0.500. The van der Waals surface area contributed by atoms with E-state index >= 15 is 0 Å². The van der Waals surface area contributed by atoms with E-state index in [4.69, 9.17) is 14.2 Å². The number of methoxy groups -OCH3 is 1.